The lowest BCUT2D eigenvalue weighted by Crippen LogP contribution is -2.09. The van der Waals surface area contributed by atoms with Crippen LogP contribution in [0.2, 0.25) is 5.54 Å². The molecule has 0 atom stereocenters. The molecule has 0 heterocycles. The Hall–Kier alpha value is 0.177. The van der Waals surface area contributed by atoms with E-state index < -0.39 is 0 Å². The minimum Gasteiger partial charge on any atom is -0.427 e. The molecule has 54 valence electrons. The van der Waals surface area contributed by atoms with Gasteiger partial charge in [-0.2, -0.15) is 0 Å². The summed E-state index contributed by atoms with van der Waals surface area (Å²) in [5, 5.41) is 0. The maximum Gasteiger partial charge on any atom is 0.164 e. The minimum absolute atomic E-state index is 0.124. The van der Waals surface area contributed by atoms with E-state index in [-0.39, 0.29) is 9.76 Å². The fourth-order valence-electron chi connectivity index (χ4n) is 1.59. The molecule has 1 fully saturated rings. The third-order valence-electron chi connectivity index (χ3n) is 2.13. The first-order chi connectivity index (χ1) is 4.43. The van der Waals surface area contributed by atoms with Gasteiger partial charge in [-0.15, -0.1) is 0 Å². The average Bonchev–Trinajstić information content (AvgIpc) is 1.91. The Morgan fingerprint density at radius 2 is 1.89 bits per heavy atom. The van der Waals surface area contributed by atoms with Crippen molar-refractivity contribution >= 4 is 9.76 Å². The molecule has 0 aromatic carbocycles. The molecular weight excluding hydrogens is 128 g/mol. The molecule has 0 unspecified atom stereocenters. The van der Waals surface area contributed by atoms with E-state index in [2.05, 4.69) is 0 Å². The van der Waals surface area contributed by atoms with Gasteiger partial charge in [-0.25, -0.2) is 0 Å². The zero-order valence-corrected chi connectivity index (χ0v) is 7.64. The Kier molecular flexibility index (Phi) is 3.29. The summed E-state index contributed by atoms with van der Waals surface area (Å²) >= 11 is 0. The lowest BCUT2D eigenvalue weighted by atomic mass is 10.0. The molecule has 1 nitrogen and oxygen atoms in total. The summed E-state index contributed by atoms with van der Waals surface area (Å²) in [5.41, 5.74) is 1.02. The highest BCUT2D eigenvalue weighted by molar-refractivity contribution is 6.29. The van der Waals surface area contributed by atoms with E-state index in [1.165, 1.54) is 32.1 Å². The van der Waals surface area contributed by atoms with Gasteiger partial charge in [0.1, 0.15) is 0 Å². The standard InChI is InChI=1S/C7H16OSi/c1-8-9-7-5-3-2-4-6-7/h7H,2-6,9H2,1H3. The van der Waals surface area contributed by atoms with Crippen molar-refractivity contribution in [2.45, 2.75) is 37.6 Å². The van der Waals surface area contributed by atoms with Crippen molar-refractivity contribution in [3.05, 3.63) is 0 Å². The molecule has 0 saturated heterocycles. The smallest absolute Gasteiger partial charge is 0.164 e. The molecule has 1 rings (SSSR count). The normalized spacial score (nSPS) is 23.7. The summed E-state index contributed by atoms with van der Waals surface area (Å²) in [6.45, 7) is 0. The summed E-state index contributed by atoms with van der Waals surface area (Å²) in [6, 6.07) is 0. The fourth-order valence-corrected chi connectivity index (χ4v) is 2.97. The van der Waals surface area contributed by atoms with Gasteiger partial charge in [0.2, 0.25) is 0 Å². The van der Waals surface area contributed by atoms with Crippen LogP contribution in [-0.4, -0.2) is 16.9 Å². The molecule has 0 radical (unpaired) electrons. The molecule has 0 aliphatic heterocycles. The van der Waals surface area contributed by atoms with E-state index in [0.717, 1.165) is 5.54 Å². The van der Waals surface area contributed by atoms with Crippen LogP contribution in [0.1, 0.15) is 32.1 Å². The van der Waals surface area contributed by atoms with Crippen molar-refractivity contribution in [2.24, 2.45) is 0 Å². The molecule has 1 saturated carbocycles. The lowest BCUT2D eigenvalue weighted by Gasteiger charge is -2.19. The van der Waals surface area contributed by atoms with E-state index in [1.54, 1.807) is 0 Å². The molecule has 0 N–H and O–H groups in total. The summed E-state index contributed by atoms with van der Waals surface area (Å²) < 4.78 is 5.22. The van der Waals surface area contributed by atoms with Gasteiger partial charge in [-0.1, -0.05) is 32.1 Å². The van der Waals surface area contributed by atoms with Crippen LogP contribution in [0.4, 0.5) is 0 Å². The highest BCUT2D eigenvalue weighted by atomic mass is 28.2. The van der Waals surface area contributed by atoms with Gasteiger partial charge in [-0.05, 0) is 5.54 Å². The first-order valence-electron chi connectivity index (χ1n) is 3.92. The molecule has 0 aromatic rings. The quantitative estimate of drug-likeness (QED) is 0.533. The van der Waals surface area contributed by atoms with E-state index in [0.29, 0.717) is 0 Å². The van der Waals surface area contributed by atoms with Crippen LogP contribution >= 0.6 is 0 Å². The number of hydrogen-bond acceptors (Lipinski definition) is 1. The minimum atomic E-state index is -0.124. The van der Waals surface area contributed by atoms with Crippen molar-refractivity contribution in [1.29, 1.82) is 0 Å². The van der Waals surface area contributed by atoms with Crippen molar-refractivity contribution in [3.8, 4) is 0 Å². The first kappa shape index (κ1) is 7.29. The Morgan fingerprint density at radius 1 is 1.22 bits per heavy atom. The van der Waals surface area contributed by atoms with E-state index >= 15 is 0 Å². The molecule has 9 heavy (non-hydrogen) atoms. The Bertz CT molecular complexity index is 66.6. The highest BCUT2D eigenvalue weighted by Crippen LogP contribution is 2.27. The van der Waals surface area contributed by atoms with Crippen LogP contribution in [0.3, 0.4) is 0 Å². The summed E-state index contributed by atoms with van der Waals surface area (Å²) in [6.07, 6.45) is 7.30. The Balaban J connectivity index is 2.08. The van der Waals surface area contributed by atoms with Crippen LogP contribution < -0.4 is 0 Å². The largest absolute Gasteiger partial charge is 0.427 e. The van der Waals surface area contributed by atoms with Gasteiger partial charge in [0.25, 0.3) is 0 Å². The third kappa shape index (κ3) is 2.50. The monoisotopic (exact) mass is 144 g/mol. The molecule has 1 aliphatic rings. The zero-order chi connectivity index (χ0) is 6.53. The maximum atomic E-state index is 5.22. The summed E-state index contributed by atoms with van der Waals surface area (Å²) in [7, 11) is 1.74. The third-order valence-corrected chi connectivity index (χ3v) is 3.75. The predicted molar refractivity (Wildman–Crippen MR) is 42.4 cm³/mol. The Morgan fingerprint density at radius 3 is 2.44 bits per heavy atom. The molecule has 0 amide bonds. The summed E-state index contributed by atoms with van der Waals surface area (Å²) in [4.78, 5) is 0. The molecule has 1 aliphatic carbocycles. The van der Waals surface area contributed by atoms with Crippen LogP contribution in [0.15, 0.2) is 0 Å². The Labute approximate surface area is 59.7 Å². The molecule has 0 spiro atoms. The summed E-state index contributed by atoms with van der Waals surface area (Å²) in [5.74, 6) is 0. The second-order valence-corrected chi connectivity index (χ2v) is 5.02. The van der Waals surface area contributed by atoms with Crippen LogP contribution in [0.25, 0.3) is 0 Å². The maximum absolute atomic E-state index is 5.22. The van der Waals surface area contributed by atoms with Gasteiger partial charge in [0, 0.05) is 7.11 Å². The van der Waals surface area contributed by atoms with E-state index in [1.807, 2.05) is 7.11 Å². The van der Waals surface area contributed by atoms with E-state index in [9.17, 15) is 0 Å². The number of rotatable bonds is 2. The van der Waals surface area contributed by atoms with Crippen molar-refractivity contribution < 1.29 is 4.43 Å². The molecule has 2 heteroatoms. The van der Waals surface area contributed by atoms with E-state index in [4.69, 9.17) is 4.43 Å². The van der Waals surface area contributed by atoms with Crippen molar-refractivity contribution in [3.63, 3.8) is 0 Å². The molecule has 0 aromatic heterocycles. The number of hydrogen-bond donors (Lipinski definition) is 0. The zero-order valence-electron chi connectivity index (χ0n) is 6.23. The topological polar surface area (TPSA) is 9.23 Å². The molecule has 0 bridgehead atoms. The van der Waals surface area contributed by atoms with Crippen LogP contribution in [0.5, 0.6) is 0 Å². The van der Waals surface area contributed by atoms with Crippen molar-refractivity contribution in [2.75, 3.05) is 7.11 Å². The van der Waals surface area contributed by atoms with Crippen LogP contribution in [0, 0.1) is 0 Å². The first-order valence-corrected chi connectivity index (χ1v) is 5.32. The van der Waals surface area contributed by atoms with Crippen molar-refractivity contribution in [1.82, 2.24) is 0 Å². The predicted octanol–water partition coefficient (Wildman–Crippen LogP) is 1.47. The van der Waals surface area contributed by atoms with Gasteiger partial charge in [0.05, 0.1) is 0 Å². The SMILES string of the molecule is CO[SiH2]C1CCCCC1. The van der Waals surface area contributed by atoms with Gasteiger partial charge in [-0.3, -0.25) is 0 Å². The fraction of sp³-hybridized carbons (Fsp3) is 1.00. The van der Waals surface area contributed by atoms with Gasteiger partial charge < -0.3 is 4.43 Å². The average molecular weight is 144 g/mol. The van der Waals surface area contributed by atoms with Gasteiger partial charge >= 0.3 is 0 Å². The van der Waals surface area contributed by atoms with Crippen LogP contribution in [-0.2, 0) is 4.43 Å². The second-order valence-electron chi connectivity index (χ2n) is 2.96. The second kappa shape index (κ2) is 4.07. The lowest BCUT2D eigenvalue weighted by molar-refractivity contribution is 0.401. The molecular formula is C7H16OSi. The highest BCUT2D eigenvalue weighted by Gasteiger charge is 2.12. The van der Waals surface area contributed by atoms with Gasteiger partial charge in [0.15, 0.2) is 9.76 Å².